The van der Waals surface area contributed by atoms with Gasteiger partial charge in [-0.05, 0) is 6.92 Å². The molecule has 1 aliphatic heterocycles. The molecule has 5 heteroatoms. The van der Waals surface area contributed by atoms with Crippen LogP contribution in [0, 0.1) is 17.8 Å². The number of hydrogen-bond acceptors (Lipinski definition) is 5. The van der Waals surface area contributed by atoms with Gasteiger partial charge in [0.15, 0.2) is 5.75 Å². The van der Waals surface area contributed by atoms with E-state index >= 15 is 0 Å². The SMILES string of the molecule is Cc1c(OCCO)c(=O)c2oc=2c1=O. The molecule has 1 N–H and O–H groups in total. The smallest absolute Gasteiger partial charge is 0.267 e. The normalized spacial score (nSPS) is 11.3. The van der Waals surface area contributed by atoms with Gasteiger partial charge in [-0.15, -0.1) is 0 Å². The van der Waals surface area contributed by atoms with Crippen LogP contribution in [0.3, 0.4) is 0 Å². The van der Waals surface area contributed by atoms with E-state index in [1.54, 1.807) is 0 Å². The van der Waals surface area contributed by atoms with E-state index in [0.29, 0.717) is 0 Å². The molecular formula is C9H8O5. The van der Waals surface area contributed by atoms with Crippen LogP contribution in [0.5, 0.6) is 5.75 Å². The molecule has 74 valence electrons. The van der Waals surface area contributed by atoms with Crippen LogP contribution in [0.2, 0.25) is 0 Å². The van der Waals surface area contributed by atoms with E-state index in [1.165, 1.54) is 6.92 Å². The Labute approximate surface area is 77.9 Å². The second kappa shape index (κ2) is 2.95. The Bertz CT molecular complexity index is 584. The lowest BCUT2D eigenvalue weighted by Gasteiger charge is -2.02. The van der Waals surface area contributed by atoms with Crippen molar-refractivity contribution in [2.45, 2.75) is 6.92 Å². The maximum absolute atomic E-state index is 11.4. The number of rotatable bonds is 3. The Hall–Kier alpha value is -1.62. The summed E-state index contributed by atoms with van der Waals surface area (Å²) in [5.74, 6) is -0.0136. The van der Waals surface area contributed by atoms with E-state index in [2.05, 4.69) is 0 Å². The first-order valence-corrected chi connectivity index (χ1v) is 4.13. The van der Waals surface area contributed by atoms with Crippen molar-refractivity contribution < 1.29 is 14.3 Å². The first kappa shape index (κ1) is 8.96. The lowest BCUT2D eigenvalue weighted by atomic mass is 10.2. The molecule has 0 aromatic carbocycles. The molecule has 0 atom stereocenters. The lowest BCUT2D eigenvalue weighted by molar-refractivity contribution is 0.199. The van der Waals surface area contributed by atoms with Crippen molar-refractivity contribution in [3.8, 4) is 5.75 Å². The fourth-order valence-corrected chi connectivity index (χ4v) is 1.24. The van der Waals surface area contributed by atoms with Crippen LogP contribution >= 0.6 is 0 Å². The zero-order chi connectivity index (χ0) is 10.3. The van der Waals surface area contributed by atoms with Crippen LogP contribution in [-0.2, 0) is 0 Å². The maximum atomic E-state index is 11.4. The van der Waals surface area contributed by atoms with Gasteiger partial charge in [-0.2, -0.15) is 0 Å². The molecule has 0 amide bonds. The summed E-state index contributed by atoms with van der Waals surface area (Å²) in [6.45, 7) is 1.29. The van der Waals surface area contributed by atoms with Crippen LogP contribution in [-0.4, -0.2) is 18.3 Å². The molecular weight excluding hydrogens is 188 g/mol. The largest absolute Gasteiger partial charge is 0.487 e. The van der Waals surface area contributed by atoms with Crippen LogP contribution in [0.25, 0.3) is 0 Å². The standard InChI is InChI=1S/C9H8O5/c1-4-5(11)8-9(14-8)6(12)7(4)13-3-2-10/h10H,2-3H2,1H3. The second-order valence-electron chi connectivity index (χ2n) is 2.94. The zero-order valence-electron chi connectivity index (χ0n) is 7.49. The summed E-state index contributed by atoms with van der Waals surface area (Å²) in [6.07, 6.45) is 0. The summed E-state index contributed by atoms with van der Waals surface area (Å²) in [5.41, 5.74) is -0.282. The van der Waals surface area contributed by atoms with Gasteiger partial charge in [0.25, 0.3) is 5.43 Å². The quantitative estimate of drug-likeness (QED) is 0.701. The molecule has 1 aliphatic carbocycles. The highest BCUT2D eigenvalue weighted by molar-refractivity contribution is 5.33. The van der Waals surface area contributed by atoms with Crippen molar-refractivity contribution >= 4 is 0 Å². The topological polar surface area (TPSA) is 76.7 Å². The monoisotopic (exact) mass is 196 g/mol. The molecule has 0 radical (unpaired) electrons. The van der Waals surface area contributed by atoms with Gasteiger partial charge in [0, 0.05) is 5.56 Å². The van der Waals surface area contributed by atoms with E-state index < -0.39 is 5.43 Å². The number of ether oxygens (including phenoxy) is 1. The van der Waals surface area contributed by atoms with Crippen molar-refractivity contribution in [3.63, 3.8) is 0 Å². The van der Waals surface area contributed by atoms with E-state index in [0.717, 1.165) is 0 Å². The minimum absolute atomic E-state index is 0.00565. The second-order valence-corrected chi connectivity index (χ2v) is 2.94. The minimum atomic E-state index is -0.412. The molecule has 5 nitrogen and oxygen atoms in total. The van der Waals surface area contributed by atoms with E-state index in [4.69, 9.17) is 14.3 Å². The van der Waals surface area contributed by atoms with Crippen molar-refractivity contribution in [1.82, 2.24) is 0 Å². The third-order valence-corrected chi connectivity index (χ3v) is 2.01. The molecule has 0 saturated heterocycles. The van der Waals surface area contributed by atoms with Gasteiger partial charge in [0.05, 0.1) is 6.61 Å². The van der Waals surface area contributed by atoms with Gasteiger partial charge < -0.3 is 14.3 Å². The van der Waals surface area contributed by atoms with Crippen molar-refractivity contribution in [2.75, 3.05) is 13.2 Å². The van der Waals surface area contributed by atoms with Gasteiger partial charge in [-0.3, -0.25) is 9.59 Å². The highest BCUT2D eigenvalue weighted by Gasteiger charge is 2.20. The molecule has 2 aliphatic rings. The summed E-state index contributed by atoms with van der Waals surface area (Å²) >= 11 is 0. The molecule has 0 fully saturated rings. The maximum Gasteiger partial charge on any atom is 0.267 e. The number of hydrogen-bond donors (Lipinski definition) is 1. The Morgan fingerprint density at radius 1 is 1.29 bits per heavy atom. The summed E-state index contributed by atoms with van der Waals surface area (Å²) < 4.78 is 9.70. The van der Waals surface area contributed by atoms with Crippen molar-refractivity contribution in [2.24, 2.45) is 0 Å². The summed E-state index contributed by atoms with van der Waals surface area (Å²) in [7, 11) is 0. The third kappa shape index (κ3) is 1.13. The van der Waals surface area contributed by atoms with Gasteiger partial charge in [-0.1, -0.05) is 0 Å². The van der Waals surface area contributed by atoms with Crippen molar-refractivity contribution in [3.05, 3.63) is 36.8 Å². The third-order valence-electron chi connectivity index (χ3n) is 2.01. The van der Waals surface area contributed by atoms with E-state index in [1.807, 2.05) is 0 Å². The summed E-state index contributed by atoms with van der Waals surface area (Å²) in [4.78, 5) is 22.8. The highest BCUT2D eigenvalue weighted by Crippen LogP contribution is 2.11. The lowest BCUT2D eigenvalue weighted by Crippen LogP contribution is -2.17. The summed E-state index contributed by atoms with van der Waals surface area (Å²) in [5, 5.41) is 8.52. The Balaban J connectivity index is 2.59. The first-order valence-electron chi connectivity index (χ1n) is 4.13. The molecule has 14 heavy (non-hydrogen) atoms. The number of aliphatic hydroxyl groups is 1. The van der Waals surface area contributed by atoms with Gasteiger partial charge >= 0.3 is 0 Å². The van der Waals surface area contributed by atoms with Crippen LogP contribution in [0.1, 0.15) is 5.56 Å². The molecule has 0 aromatic rings. The Morgan fingerprint density at radius 2 is 1.93 bits per heavy atom. The highest BCUT2D eigenvalue weighted by atomic mass is 16.5. The number of aliphatic hydroxyl groups excluding tert-OH is 1. The molecule has 0 aromatic heterocycles. The van der Waals surface area contributed by atoms with Crippen LogP contribution < -0.4 is 15.6 Å². The van der Waals surface area contributed by atoms with Gasteiger partial charge in [0.1, 0.15) is 6.61 Å². The fraction of sp³-hybridized carbons (Fsp3) is 0.333. The Morgan fingerprint density at radius 3 is 2.57 bits per heavy atom. The average Bonchev–Trinajstić information content (AvgIpc) is 2.94. The minimum Gasteiger partial charge on any atom is -0.487 e. The van der Waals surface area contributed by atoms with Crippen LogP contribution in [0.4, 0.5) is 0 Å². The van der Waals surface area contributed by atoms with Gasteiger partial charge in [0.2, 0.25) is 16.3 Å². The predicted molar refractivity (Wildman–Crippen MR) is 46.2 cm³/mol. The predicted octanol–water partition coefficient (Wildman–Crippen LogP) is -0.720. The van der Waals surface area contributed by atoms with E-state index in [-0.39, 0.29) is 40.8 Å². The molecule has 1 heterocycles. The summed E-state index contributed by atoms with van der Waals surface area (Å²) in [6, 6.07) is 0. The van der Waals surface area contributed by atoms with Gasteiger partial charge in [-0.25, -0.2) is 0 Å². The van der Waals surface area contributed by atoms with Crippen molar-refractivity contribution in [1.29, 1.82) is 0 Å². The molecule has 0 spiro atoms. The molecule has 2 rings (SSSR count). The Kier molecular flexibility index (Phi) is 1.89. The zero-order valence-corrected chi connectivity index (χ0v) is 7.49. The molecule has 0 saturated carbocycles. The fourth-order valence-electron chi connectivity index (χ4n) is 1.24. The first-order chi connectivity index (χ1) is 6.66. The average molecular weight is 196 g/mol. The van der Waals surface area contributed by atoms with E-state index in [9.17, 15) is 9.59 Å². The van der Waals surface area contributed by atoms with Crippen LogP contribution in [0.15, 0.2) is 14.0 Å². The molecule has 0 unspecified atom stereocenters. The molecule has 0 bridgehead atoms.